The van der Waals surface area contributed by atoms with Gasteiger partial charge in [0.25, 0.3) is 0 Å². The zero-order valence-corrected chi connectivity index (χ0v) is 9.36. The second-order valence-electron chi connectivity index (χ2n) is 4.08. The Bertz CT molecular complexity index is 388. The molecule has 0 aliphatic carbocycles. The molecule has 1 fully saturated rings. The van der Waals surface area contributed by atoms with Crippen LogP contribution >= 0.6 is 0 Å². The van der Waals surface area contributed by atoms with Gasteiger partial charge in [-0.3, -0.25) is 4.79 Å². The minimum absolute atomic E-state index is 0.197. The molecule has 0 radical (unpaired) electrons. The number of nitrogens with one attached hydrogen (secondary N) is 1. The van der Waals surface area contributed by atoms with Crippen LogP contribution in [-0.2, 0) is 9.53 Å². The van der Waals surface area contributed by atoms with Crippen molar-refractivity contribution in [1.82, 2.24) is 0 Å². The Morgan fingerprint density at radius 1 is 1.47 bits per heavy atom. The molecule has 2 rings (SSSR count). The predicted octanol–water partition coefficient (Wildman–Crippen LogP) is 1.27. The number of halogens is 1. The molecule has 1 aromatic rings. The normalized spacial score (nSPS) is 21.1. The Morgan fingerprint density at radius 2 is 2.18 bits per heavy atom. The number of hydrogen-bond acceptors (Lipinski definition) is 3. The highest BCUT2D eigenvalue weighted by atomic mass is 19.1. The minimum atomic E-state index is -0.567. The number of hydrogen-bond donors (Lipinski definition) is 2. The van der Waals surface area contributed by atoms with Gasteiger partial charge in [-0.25, -0.2) is 4.39 Å². The maximum absolute atomic E-state index is 12.7. The van der Waals surface area contributed by atoms with Crippen LogP contribution in [-0.4, -0.2) is 24.7 Å². The van der Waals surface area contributed by atoms with Crippen molar-refractivity contribution in [2.75, 3.05) is 11.9 Å². The number of anilines is 1. The summed E-state index contributed by atoms with van der Waals surface area (Å²) >= 11 is 0. The summed E-state index contributed by atoms with van der Waals surface area (Å²) in [5, 5.41) is 2.98. The molecule has 3 N–H and O–H groups in total. The smallest absolute Gasteiger partial charge is 0.242 e. The Labute approximate surface area is 98.9 Å². The maximum atomic E-state index is 12.7. The summed E-state index contributed by atoms with van der Waals surface area (Å²) in [6.45, 7) is 0.652. The van der Waals surface area contributed by atoms with E-state index in [4.69, 9.17) is 10.5 Å². The van der Waals surface area contributed by atoms with E-state index in [2.05, 4.69) is 5.32 Å². The standard InChI is InChI=1S/C12H15FN2O2/c13-8-3-5-9(6-4-8)15-11(12(14)16)10-2-1-7-17-10/h3-6,10-11,15H,1-2,7H2,(H2,14,16). The first-order valence-electron chi connectivity index (χ1n) is 5.60. The van der Waals surface area contributed by atoms with Gasteiger partial charge < -0.3 is 15.8 Å². The number of carbonyl (C=O) groups is 1. The van der Waals surface area contributed by atoms with Crippen LogP contribution in [0.3, 0.4) is 0 Å². The molecule has 0 saturated carbocycles. The molecular weight excluding hydrogens is 223 g/mol. The van der Waals surface area contributed by atoms with Gasteiger partial charge in [-0.05, 0) is 37.1 Å². The molecule has 1 saturated heterocycles. The third-order valence-electron chi connectivity index (χ3n) is 2.81. The van der Waals surface area contributed by atoms with Crippen LogP contribution in [0, 0.1) is 5.82 Å². The highest BCUT2D eigenvalue weighted by Crippen LogP contribution is 2.19. The van der Waals surface area contributed by atoms with Crippen LogP contribution in [0.4, 0.5) is 10.1 Å². The van der Waals surface area contributed by atoms with Gasteiger partial charge in [0, 0.05) is 12.3 Å². The summed E-state index contributed by atoms with van der Waals surface area (Å²) in [7, 11) is 0. The van der Waals surface area contributed by atoms with Crippen molar-refractivity contribution in [2.45, 2.75) is 25.0 Å². The fraction of sp³-hybridized carbons (Fsp3) is 0.417. The molecule has 1 amide bonds. The third-order valence-corrected chi connectivity index (χ3v) is 2.81. The lowest BCUT2D eigenvalue weighted by Gasteiger charge is -2.22. The van der Waals surface area contributed by atoms with Gasteiger partial charge in [-0.15, -0.1) is 0 Å². The molecule has 17 heavy (non-hydrogen) atoms. The first kappa shape index (κ1) is 11.9. The van der Waals surface area contributed by atoms with E-state index in [1.54, 1.807) is 12.1 Å². The van der Waals surface area contributed by atoms with Crippen LogP contribution in [0.5, 0.6) is 0 Å². The van der Waals surface area contributed by atoms with Gasteiger partial charge >= 0.3 is 0 Å². The van der Waals surface area contributed by atoms with Crippen LogP contribution < -0.4 is 11.1 Å². The maximum Gasteiger partial charge on any atom is 0.242 e. The topological polar surface area (TPSA) is 64.4 Å². The molecule has 1 aliphatic heterocycles. The third kappa shape index (κ3) is 2.94. The molecule has 2 atom stereocenters. The Balaban J connectivity index is 2.06. The monoisotopic (exact) mass is 238 g/mol. The Hall–Kier alpha value is -1.62. The van der Waals surface area contributed by atoms with Crippen molar-refractivity contribution in [1.29, 1.82) is 0 Å². The van der Waals surface area contributed by atoms with E-state index in [1.807, 2.05) is 0 Å². The lowest BCUT2D eigenvalue weighted by molar-refractivity contribution is -0.121. The summed E-state index contributed by atoms with van der Waals surface area (Å²) < 4.78 is 18.2. The molecule has 0 aromatic heterocycles. The second kappa shape index (κ2) is 5.14. The number of carbonyl (C=O) groups excluding carboxylic acids is 1. The number of primary amides is 1. The highest BCUT2D eigenvalue weighted by molar-refractivity contribution is 5.83. The number of rotatable bonds is 4. The molecule has 1 aromatic carbocycles. The van der Waals surface area contributed by atoms with Gasteiger partial charge in [-0.1, -0.05) is 0 Å². The molecule has 1 heterocycles. The van der Waals surface area contributed by atoms with Crippen molar-refractivity contribution in [2.24, 2.45) is 5.73 Å². The van der Waals surface area contributed by atoms with Crippen molar-refractivity contribution in [3.05, 3.63) is 30.1 Å². The van der Waals surface area contributed by atoms with Crippen LogP contribution in [0.1, 0.15) is 12.8 Å². The van der Waals surface area contributed by atoms with Crippen molar-refractivity contribution >= 4 is 11.6 Å². The minimum Gasteiger partial charge on any atom is -0.376 e. The van der Waals surface area contributed by atoms with E-state index in [1.165, 1.54) is 12.1 Å². The first-order chi connectivity index (χ1) is 8.16. The SMILES string of the molecule is NC(=O)C(Nc1ccc(F)cc1)C1CCCO1. The van der Waals surface area contributed by atoms with Crippen molar-refractivity contribution in [3.63, 3.8) is 0 Å². The molecule has 0 spiro atoms. The number of amides is 1. The zero-order chi connectivity index (χ0) is 12.3. The number of benzene rings is 1. The summed E-state index contributed by atoms with van der Waals surface area (Å²) in [6, 6.07) is 5.23. The molecule has 2 unspecified atom stereocenters. The Kier molecular flexibility index (Phi) is 3.58. The van der Waals surface area contributed by atoms with E-state index in [0.717, 1.165) is 12.8 Å². The van der Waals surface area contributed by atoms with Crippen molar-refractivity contribution in [3.8, 4) is 0 Å². The van der Waals surface area contributed by atoms with E-state index in [0.29, 0.717) is 12.3 Å². The zero-order valence-electron chi connectivity index (χ0n) is 9.36. The van der Waals surface area contributed by atoms with Crippen LogP contribution in [0.2, 0.25) is 0 Å². The average molecular weight is 238 g/mol. The van der Waals surface area contributed by atoms with Crippen molar-refractivity contribution < 1.29 is 13.9 Å². The molecule has 1 aliphatic rings. The summed E-state index contributed by atoms with van der Waals surface area (Å²) in [4.78, 5) is 11.4. The average Bonchev–Trinajstić information content (AvgIpc) is 2.81. The predicted molar refractivity (Wildman–Crippen MR) is 62.0 cm³/mol. The lowest BCUT2D eigenvalue weighted by atomic mass is 10.1. The van der Waals surface area contributed by atoms with E-state index in [9.17, 15) is 9.18 Å². The van der Waals surface area contributed by atoms with Gasteiger partial charge in [-0.2, -0.15) is 0 Å². The van der Waals surface area contributed by atoms with Crippen LogP contribution in [0.25, 0.3) is 0 Å². The molecule has 0 bridgehead atoms. The summed E-state index contributed by atoms with van der Waals surface area (Å²) in [6.07, 6.45) is 1.54. The lowest BCUT2D eigenvalue weighted by Crippen LogP contribution is -2.44. The second-order valence-corrected chi connectivity index (χ2v) is 4.08. The van der Waals surface area contributed by atoms with Gasteiger partial charge in [0.05, 0.1) is 6.10 Å². The van der Waals surface area contributed by atoms with E-state index >= 15 is 0 Å². The fourth-order valence-electron chi connectivity index (χ4n) is 1.94. The largest absolute Gasteiger partial charge is 0.376 e. The summed E-state index contributed by atoms with van der Waals surface area (Å²) in [5.41, 5.74) is 6.00. The molecule has 4 nitrogen and oxygen atoms in total. The highest BCUT2D eigenvalue weighted by Gasteiger charge is 2.30. The first-order valence-corrected chi connectivity index (χ1v) is 5.60. The number of nitrogens with two attached hydrogens (primary N) is 1. The number of ether oxygens (including phenoxy) is 1. The van der Waals surface area contributed by atoms with Crippen LogP contribution in [0.15, 0.2) is 24.3 Å². The summed E-state index contributed by atoms with van der Waals surface area (Å²) in [5.74, 6) is -0.774. The van der Waals surface area contributed by atoms with E-state index < -0.39 is 11.9 Å². The van der Waals surface area contributed by atoms with E-state index in [-0.39, 0.29) is 11.9 Å². The Morgan fingerprint density at radius 3 is 2.71 bits per heavy atom. The van der Waals surface area contributed by atoms with Gasteiger partial charge in [0.1, 0.15) is 11.9 Å². The molecular formula is C12H15FN2O2. The fourth-order valence-corrected chi connectivity index (χ4v) is 1.94. The van der Waals surface area contributed by atoms with Gasteiger partial charge in [0.2, 0.25) is 5.91 Å². The molecule has 5 heteroatoms. The quantitative estimate of drug-likeness (QED) is 0.830. The molecule has 92 valence electrons. The van der Waals surface area contributed by atoms with Gasteiger partial charge in [0.15, 0.2) is 0 Å².